The Morgan fingerprint density at radius 2 is 2.38 bits per heavy atom. The second-order valence-corrected chi connectivity index (χ2v) is 4.33. The van der Waals surface area contributed by atoms with Gasteiger partial charge < -0.3 is 11.1 Å². The van der Waals surface area contributed by atoms with Crippen LogP contribution < -0.4 is 11.1 Å². The van der Waals surface area contributed by atoms with E-state index in [-0.39, 0.29) is 18.4 Å². The molecular weight excluding hydrogens is 270 g/mol. The Morgan fingerprint density at radius 3 is 2.94 bits per heavy atom. The molecule has 0 bridgehead atoms. The molecule has 3 N–H and O–H groups in total. The molecule has 4 nitrogen and oxygen atoms in total. The standard InChI is InChI=1S/C11H12BrN3O/c1-7(4-5-13)15-11(16)8-2-3-9(12)10(14)6-8/h2-3,6-7H,4,14H2,1H3,(H,15,16). The zero-order valence-electron chi connectivity index (χ0n) is 8.83. The summed E-state index contributed by atoms with van der Waals surface area (Å²) in [4.78, 5) is 11.7. The first kappa shape index (κ1) is 12.5. The molecule has 0 heterocycles. The highest BCUT2D eigenvalue weighted by molar-refractivity contribution is 9.10. The Morgan fingerprint density at radius 1 is 1.69 bits per heavy atom. The zero-order chi connectivity index (χ0) is 12.1. The third kappa shape index (κ3) is 3.24. The highest BCUT2D eigenvalue weighted by Crippen LogP contribution is 2.20. The normalized spacial score (nSPS) is 11.6. The van der Waals surface area contributed by atoms with Crippen molar-refractivity contribution >= 4 is 27.5 Å². The third-order valence-corrected chi connectivity index (χ3v) is 2.76. The molecule has 0 saturated carbocycles. The summed E-state index contributed by atoms with van der Waals surface area (Å²) in [5, 5.41) is 11.2. The maximum atomic E-state index is 11.7. The van der Waals surface area contributed by atoms with E-state index in [4.69, 9.17) is 11.0 Å². The van der Waals surface area contributed by atoms with Crippen LogP contribution in [-0.4, -0.2) is 11.9 Å². The minimum Gasteiger partial charge on any atom is -0.398 e. The van der Waals surface area contributed by atoms with E-state index in [1.54, 1.807) is 25.1 Å². The molecule has 0 aliphatic rings. The fourth-order valence-electron chi connectivity index (χ4n) is 1.18. The Hall–Kier alpha value is -1.54. The monoisotopic (exact) mass is 281 g/mol. The molecule has 1 rings (SSSR count). The summed E-state index contributed by atoms with van der Waals surface area (Å²) in [6.07, 6.45) is 0.289. The highest BCUT2D eigenvalue weighted by atomic mass is 79.9. The van der Waals surface area contributed by atoms with Gasteiger partial charge in [0, 0.05) is 21.8 Å². The van der Waals surface area contributed by atoms with Gasteiger partial charge in [0.15, 0.2) is 0 Å². The minimum atomic E-state index is -0.220. The molecule has 0 spiro atoms. The zero-order valence-corrected chi connectivity index (χ0v) is 10.4. The summed E-state index contributed by atoms with van der Waals surface area (Å²) in [5.74, 6) is -0.220. The lowest BCUT2D eigenvalue weighted by Crippen LogP contribution is -2.32. The van der Waals surface area contributed by atoms with Crippen LogP contribution >= 0.6 is 15.9 Å². The number of benzene rings is 1. The van der Waals surface area contributed by atoms with E-state index < -0.39 is 0 Å². The number of anilines is 1. The van der Waals surface area contributed by atoms with E-state index in [1.807, 2.05) is 6.07 Å². The lowest BCUT2D eigenvalue weighted by molar-refractivity contribution is 0.0941. The Labute approximate surface area is 103 Å². The van der Waals surface area contributed by atoms with E-state index in [1.165, 1.54) is 0 Å². The van der Waals surface area contributed by atoms with Crippen molar-refractivity contribution < 1.29 is 4.79 Å². The average molecular weight is 282 g/mol. The number of nitrogen functional groups attached to an aromatic ring is 1. The van der Waals surface area contributed by atoms with Gasteiger partial charge in [0.05, 0.1) is 12.5 Å². The number of carbonyl (C=O) groups excluding carboxylic acids is 1. The molecule has 1 aromatic rings. The molecule has 0 aliphatic heterocycles. The summed E-state index contributed by atoms with van der Waals surface area (Å²) >= 11 is 3.25. The van der Waals surface area contributed by atoms with Gasteiger partial charge in [-0.1, -0.05) is 0 Å². The van der Waals surface area contributed by atoms with Crippen molar-refractivity contribution in [2.45, 2.75) is 19.4 Å². The molecule has 5 heteroatoms. The van der Waals surface area contributed by atoms with Gasteiger partial charge >= 0.3 is 0 Å². The van der Waals surface area contributed by atoms with Crippen LogP contribution in [0, 0.1) is 11.3 Å². The molecule has 1 aromatic carbocycles. The average Bonchev–Trinajstić information content (AvgIpc) is 2.22. The van der Waals surface area contributed by atoms with Crippen LogP contribution in [0.5, 0.6) is 0 Å². The number of amides is 1. The van der Waals surface area contributed by atoms with Crippen molar-refractivity contribution in [1.82, 2.24) is 5.32 Å². The maximum absolute atomic E-state index is 11.7. The quantitative estimate of drug-likeness (QED) is 0.833. The van der Waals surface area contributed by atoms with Gasteiger partial charge in [-0.15, -0.1) is 0 Å². The lowest BCUT2D eigenvalue weighted by Gasteiger charge is -2.10. The van der Waals surface area contributed by atoms with Gasteiger partial charge in [-0.05, 0) is 41.1 Å². The molecule has 0 saturated heterocycles. The van der Waals surface area contributed by atoms with E-state index in [9.17, 15) is 4.79 Å². The molecule has 1 unspecified atom stereocenters. The largest absolute Gasteiger partial charge is 0.398 e. The molecule has 16 heavy (non-hydrogen) atoms. The second kappa shape index (κ2) is 5.52. The number of nitrogens with one attached hydrogen (secondary N) is 1. The second-order valence-electron chi connectivity index (χ2n) is 3.47. The lowest BCUT2D eigenvalue weighted by atomic mass is 10.1. The molecule has 0 fully saturated rings. The smallest absolute Gasteiger partial charge is 0.251 e. The van der Waals surface area contributed by atoms with Gasteiger partial charge in [0.2, 0.25) is 0 Å². The predicted molar refractivity (Wildman–Crippen MR) is 65.7 cm³/mol. The Kier molecular flexibility index (Phi) is 4.32. The number of hydrogen-bond acceptors (Lipinski definition) is 3. The van der Waals surface area contributed by atoms with Gasteiger partial charge in [-0.2, -0.15) is 5.26 Å². The first-order valence-corrected chi connectivity index (χ1v) is 5.56. The fraction of sp³-hybridized carbons (Fsp3) is 0.273. The molecule has 1 atom stereocenters. The summed E-state index contributed by atoms with van der Waals surface area (Å²) in [6, 6.07) is 6.83. The summed E-state index contributed by atoms with van der Waals surface area (Å²) in [5.41, 5.74) is 6.67. The Bertz CT molecular complexity index is 439. The summed E-state index contributed by atoms with van der Waals surface area (Å²) in [7, 11) is 0. The van der Waals surface area contributed by atoms with E-state index in [0.29, 0.717) is 11.3 Å². The van der Waals surface area contributed by atoms with Crippen molar-refractivity contribution in [2.75, 3.05) is 5.73 Å². The summed E-state index contributed by atoms with van der Waals surface area (Å²) < 4.78 is 0.758. The first-order valence-electron chi connectivity index (χ1n) is 4.77. The van der Waals surface area contributed by atoms with E-state index in [2.05, 4.69) is 21.2 Å². The van der Waals surface area contributed by atoms with Crippen LogP contribution in [0.1, 0.15) is 23.7 Å². The SMILES string of the molecule is CC(CC#N)NC(=O)c1ccc(Br)c(N)c1. The molecule has 0 aliphatic carbocycles. The van der Waals surface area contributed by atoms with Gasteiger partial charge in [0.1, 0.15) is 0 Å². The number of rotatable bonds is 3. The van der Waals surface area contributed by atoms with Crippen LogP contribution in [0.15, 0.2) is 22.7 Å². The topological polar surface area (TPSA) is 78.9 Å². The van der Waals surface area contributed by atoms with Crippen molar-refractivity contribution in [3.63, 3.8) is 0 Å². The fourth-order valence-corrected chi connectivity index (χ4v) is 1.43. The number of nitrogens with two attached hydrogens (primary N) is 1. The van der Waals surface area contributed by atoms with Gasteiger partial charge in [0.25, 0.3) is 5.91 Å². The Balaban J connectivity index is 2.74. The summed E-state index contributed by atoms with van der Waals surface area (Å²) in [6.45, 7) is 1.78. The third-order valence-electron chi connectivity index (χ3n) is 2.03. The van der Waals surface area contributed by atoms with Crippen molar-refractivity contribution in [1.29, 1.82) is 5.26 Å². The van der Waals surface area contributed by atoms with E-state index >= 15 is 0 Å². The molecule has 84 valence electrons. The molecule has 0 radical (unpaired) electrons. The van der Waals surface area contributed by atoms with Crippen LogP contribution in [0.2, 0.25) is 0 Å². The number of hydrogen-bond donors (Lipinski definition) is 2. The molecule has 1 amide bonds. The number of halogens is 1. The van der Waals surface area contributed by atoms with Gasteiger partial charge in [-0.3, -0.25) is 4.79 Å². The number of nitrogens with zero attached hydrogens (tertiary/aromatic N) is 1. The van der Waals surface area contributed by atoms with Crippen molar-refractivity contribution in [2.24, 2.45) is 0 Å². The van der Waals surface area contributed by atoms with Crippen molar-refractivity contribution in [3.05, 3.63) is 28.2 Å². The van der Waals surface area contributed by atoms with Crippen LogP contribution in [-0.2, 0) is 0 Å². The van der Waals surface area contributed by atoms with Gasteiger partial charge in [-0.25, -0.2) is 0 Å². The minimum absolute atomic E-state index is 0.164. The molecule has 0 aromatic heterocycles. The molecular formula is C11H12BrN3O. The van der Waals surface area contributed by atoms with E-state index in [0.717, 1.165) is 4.47 Å². The van der Waals surface area contributed by atoms with Crippen molar-refractivity contribution in [3.8, 4) is 6.07 Å². The number of nitriles is 1. The van der Waals surface area contributed by atoms with Crippen LogP contribution in [0.3, 0.4) is 0 Å². The first-order chi connectivity index (χ1) is 7.54. The highest BCUT2D eigenvalue weighted by Gasteiger charge is 2.10. The predicted octanol–water partition coefficient (Wildman–Crippen LogP) is 2.06. The van der Waals surface area contributed by atoms with Crippen LogP contribution in [0.25, 0.3) is 0 Å². The maximum Gasteiger partial charge on any atom is 0.251 e. The number of carbonyl (C=O) groups is 1. The van der Waals surface area contributed by atoms with Crippen LogP contribution in [0.4, 0.5) is 5.69 Å².